The number of benzene rings is 1. The summed E-state index contributed by atoms with van der Waals surface area (Å²) >= 11 is 0. The zero-order valence-corrected chi connectivity index (χ0v) is 9.99. The van der Waals surface area contributed by atoms with Crippen molar-refractivity contribution in [1.29, 1.82) is 0 Å². The molecule has 90 valence electrons. The quantitative estimate of drug-likeness (QED) is 0.767. The van der Waals surface area contributed by atoms with Gasteiger partial charge in [0.1, 0.15) is 11.5 Å². The maximum Gasteiger partial charge on any atom is 0.124 e. The van der Waals surface area contributed by atoms with Gasteiger partial charge in [-0.05, 0) is 38.2 Å². The summed E-state index contributed by atoms with van der Waals surface area (Å²) in [5, 5.41) is 13.0. The highest BCUT2D eigenvalue weighted by atomic mass is 16.5. The number of ether oxygens (including phenoxy) is 2. The minimum Gasteiger partial charge on any atom is -0.497 e. The minimum absolute atomic E-state index is 0.544. The molecule has 0 bridgehead atoms. The van der Waals surface area contributed by atoms with Gasteiger partial charge >= 0.3 is 0 Å². The molecule has 1 aromatic carbocycles. The largest absolute Gasteiger partial charge is 0.497 e. The van der Waals surface area contributed by atoms with Gasteiger partial charge in [0.2, 0.25) is 0 Å². The predicted octanol–water partition coefficient (Wildman–Crippen LogP) is 1.35. The molecule has 0 aliphatic heterocycles. The fraction of sp³-hybridized carbons (Fsp3) is 0.500. The molecule has 2 N–H and O–H groups in total. The van der Waals surface area contributed by atoms with Crippen LogP contribution in [0, 0.1) is 0 Å². The second-order valence-corrected chi connectivity index (χ2v) is 3.52. The molecular weight excluding hydrogens is 206 g/mol. The lowest BCUT2D eigenvalue weighted by atomic mass is 10.0. The predicted molar refractivity (Wildman–Crippen MR) is 63.0 cm³/mol. The number of rotatable bonds is 6. The molecule has 0 aliphatic carbocycles. The molecule has 0 spiro atoms. The van der Waals surface area contributed by atoms with Crippen molar-refractivity contribution >= 4 is 0 Å². The van der Waals surface area contributed by atoms with Crippen LogP contribution in [0.2, 0.25) is 0 Å². The Balaban J connectivity index is 2.89. The summed E-state index contributed by atoms with van der Waals surface area (Å²) in [4.78, 5) is 0. The van der Waals surface area contributed by atoms with E-state index < -0.39 is 6.10 Å². The first-order valence-corrected chi connectivity index (χ1v) is 5.27. The molecule has 0 saturated carbocycles. The van der Waals surface area contributed by atoms with Crippen LogP contribution in [0.15, 0.2) is 18.2 Å². The topological polar surface area (TPSA) is 50.7 Å². The van der Waals surface area contributed by atoms with Crippen molar-refractivity contribution in [3.63, 3.8) is 0 Å². The molecule has 0 heterocycles. The van der Waals surface area contributed by atoms with Crippen LogP contribution in [-0.4, -0.2) is 32.9 Å². The van der Waals surface area contributed by atoms with E-state index in [9.17, 15) is 5.11 Å². The summed E-state index contributed by atoms with van der Waals surface area (Å²) < 4.78 is 10.3. The van der Waals surface area contributed by atoms with Gasteiger partial charge in [-0.1, -0.05) is 0 Å². The van der Waals surface area contributed by atoms with Crippen molar-refractivity contribution in [2.24, 2.45) is 0 Å². The summed E-state index contributed by atoms with van der Waals surface area (Å²) in [7, 11) is 5.05. The van der Waals surface area contributed by atoms with Gasteiger partial charge in [-0.2, -0.15) is 0 Å². The van der Waals surface area contributed by atoms with E-state index >= 15 is 0 Å². The Labute approximate surface area is 96.2 Å². The first-order chi connectivity index (χ1) is 7.72. The fourth-order valence-electron chi connectivity index (χ4n) is 1.54. The average molecular weight is 225 g/mol. The highest BCUT2D eigenvalue weighted by molar-refractivity contribution is 5.41. The van der Waals surface area contributed by atoms with Gasteiger partial charge in [0.25, 0.3) is 0 Å². The zero-order valence-electron chi connectivity index (χ0n) is 9.99. The Morgan fingerprint density at radius 1 is 1.31 bits per heavy atom. The molecular formula is C12H19NO3. The molecule has 16 heavy (non-hydrogen) atoms. The lowest BCUT2D eigenvalue weighted by Gasteiger charge is -2.15. The molecule has 0 saturated heterocycles. The third-order valence-corrected chi connectivity index (χ3v) is 2.46. The third kappa shape index (κ3) is 3.12. The Hall–Kier alpha value is -1.26. The molecule has 0 amide bonds. The second-order valence-electron chi connectivity index (χ2n) is 3.52. The maximum atomic E-state index is 10.0. The van der Waals surface area contributed by atoms with E-state index in [1.807, 2.05) is 13.1 Å². The van der Waals surface area contributed by atoms with Gasteiger partial charge in [-0.3, -0.25) is 0 Å². The molecule has 0 aromatic heterocycles. The second kappa shape index (κ2) is 6.35. The van der Waals surface area contributed by atoms with E-state index in [0.717, 1.165) is 17.9 Å². The molecule has 1 atom stereocenters. The zero-order chi connectivity index (χ0) is 12.0. The number of nitrogens with one attached hydrogen (secondary N) is 1. The fourth-order valence-corrected chi connectivity index (χ4v) is 1.54. The number of aliphatic hydroxyl groups is 1. The van der Waals surface area contributed by atoms with Gasteiger partial charge < -0.3 is 19.9 Å². The smallest absolute Gasteiger partial charge is 0.124 e. The van der Waals surface area contributed by atoms with E-state index in [0.29, 0.717) is 12.2 Å². The van der Waals surface area contributed by atoms with Crippen LogP contribution in [0.1, 0.15) is 18.1 Å². The van der Waals surface area contributed by atoms with E-state index in [1.54, 1.807) is 26.4 Å². The molecule has 0 fully saturated rings. The van der Waals surface area contributed by atoms with Crippen LogP contribution in [0.25, 0.3) is 0 Å². The highest BCUT2D eigenvalue weighted by Crippen LogP contribution is 2.30. The van der Waals surface area contributed by atoms with Crippen molar-refractivity contribution in [3.8, 4) is 11.5 Å². The van der Waals surface area contributed by atoms with E-state index in [-0.39, 0.29) is 0 Å². The van der Waals surface area contributed by atoms with E-state index in [1.165, 1.54) is 0 Å². The van der Waals surface area contributed by atoms with Crippen LogP contribution >= 0.6 is 0 Å². The van der Waals surface area contributed by atoms with Crippen molar-refractivity contribution in [3.05, 3.63) is 23.8 Å². The molecule has 1 unspecified atom stereocenters. The summed E-state index contributed by atoms with van der Waals surface area (Å²) in [6.45, 7) is 0.752. The lowest BCUT2D eigenvalue weighted by molar-refractivity contribution is 0.163. The molecule has 0 radical (unpaired) electrons. The van der Waals surface area contributed by atoms with Crippen LogP contribution in [-0.2, 0) is 0 Å². The van der Waals surface area contributed by atoms with Gasteiger partial charge in [0, 0.05) is 5.56 Å². The molecule has 4 heteroatoms. The van der Waals surface area contributed by atoms with E-state index in [2.05, 4.69) is 5.32 Å². The van der Waals surface area contributed by atoms with Crippen molar-refractivity contribution < 1.29 is 14.6 Å². The number of methoxy groups -OCH3 is 2. The first-order valence-electron chi connectivity index (χ1n) is 5.27. The Kier molecular flexibility index (Phi) is 5.08. The van der Waals surface area contributed by atoms with Gasteiger partial charge in [0.05, 0.1) is 20.3 Å². The Morgan fingerprint density at radius 3 is 2.62 bits per heavy atom. The van der Waals surface area contributed by atoms with Crippen LogP contribution in [0.4, 0.5) is 0 Å². The Morgan fingerprint density at radius 2 is 2.06 bits per heavy atom. The number of aliphatic hydroxyl groups excluding tert-OH is 1. The first kappa shape index (κ1) is 12.8. The van der Waals surface area contributed by atoms with E-state index in [4.69, 9.17) is 9.47 Å². The minimum atomic E-state index is -0.544. The molecule has 4 nitrogen and oxygen atoms in total. The van der Waals surface area contributed by atoms with Gasteiger partial charge in [0.15, 0.2) is 0 Å². The molecule has 1 rings (SSSR count). The Bertz CT molecular complexity index is 328. The summed E-state index contributed by atoms with van der Waals surface area (Å²) in [6.07, 6.45) is 0.0949. The monoisotopic (exact) mass is 225 g/mol. The van der Waals surface area contributed by atoms with Crippen LogP contribution in [0.3, 0.4) is 0 Å². The van der Waals surface area contributed by atoms with Crippen molar-refractivity contribution in [2.75, 3.05) is 27.8 Å². The third-order valence-electron chi connectivity index (χ3n) is 2.46. The van der Waals surface area contributed by atoms with Crippen molar-refractivity contribution in [1.82, 2.24) is 5.32 Å². The van der Waals surface area contributed by atoms with Gasteiger partial charge in [-0.15, -0.1) is 0 Å². The number of hydrogen-bond donors (Lipinski definition) is 2. The highest BCUT2D eigenvalue weighted by Gasteiger charge is 2.13. The summed E-state index contributed by atoms with van der Waals surface area (Å²) in [5.41, 5.74) is 0.761. The number of hydrogen-bond acceptors (Lipinski definition) is 4. The summed E-state index contributed by atoms with van der Waals surface area (Å²) in [5.74, 6) is 1.41. The lowest BCUT2D eigenvalue weighted by Crippen LogP contribution is -2.12. The van der Waals surface area contributed by atoms with Crippen LogP contribution < -0.4 is 14.8 Å². The molecule has 1 aromatic rings. The van der Waals surface area contributed by atoms with Crippen LogP contribution in [0.5, 0.6) is 11.5 Å². The standard InChI is InChI=1S/C12H19NO3/c1-13-7-6-11(14)10-8-9(15-2)4-5-12(10)16-3/h4-5,8,11,13-14H,6-7H2,1-3H3. The SMILES string of the molecule is CNCCC(O)c1cc(OC)ccc1OC. The molecule has 0 aliphatic rings. The normalized spacial score (nSPS) is 12.2. The van der Waals surface area contributed by atoms with Gasteiger partial charge in [-0.25, -0.2) is 0 Å². The van der Waals surface area contributed by atoms with Crippen molar-refractivity contribution in [2.45, 2.75) is 12.5 Å². The average Bonchev–Trinajstić information content (AvgIpc) is 2.35. The summed E-state index contributed by atoms with van der Waals surface area (Å²) in [6, 6.07) is 5.42. The maximum absolute atomic E-state index is 10.0.